The van der Waals surface area contributed by atoms with E-state index in [0.717, 1.165) is 36.3 Å². The van der Waals surface area contributed by atoms with E-state index in [1.165, 1.54) is 5.56 Å². The van der Waals surface area contributed by atoms with Gasteiger partial charge < -0.3 is 19.5 Å². The van der Waals surface area contributed by atoms with Crippen molar-refractivity contribution in [1.29, 1.82) is 0 Å². The first-order chi connectivity index (χ1) is 12.2. The predicted molar refractivity (Wildman–Crippen MR) is 95.6 cm³/mol. The number of carbonyl (C=O) groups excluding carboxylic acids is 1. The molecular weight excluding hydrogens is 318 g/mol. The number of hydrogen-bond donors (Lipinski definition) is 1. The van der Waals surface area contributed by atoms with Gasteiger partial charge in [0, 0.05) is 13.0 Å². The summed E-state index contributed by atoms with van der Waals surface area (Å²) in [5.74, 6) is 2.33. The van der Waals surface area contributed by atoms with Crippen molar-refractivity contribution in [3.8, 4) is 17.2 Å². The van der Waals surface area contributed by atoms with Gasteiger partial charge in [0.05, 0.1) is 27.2 Å². The van der Waals surface area contributed by atoms with E-state index in [9.17, 15) is 4.79 Å². The van der Waals surface area contributed by atoms with E-state index in [1.54, 1.807) is 14.2 Å². The average molecular weight is 341 g/mol. The number of hydrogen-bond acceptors (Lipinski definition) is 4. The number of nitrogens with one attached hydrogen (secondary N) is 1. The molecule has 25 heavy (non-hydrogen) atoms. The average Bonchev–Trinajstić information content (AvgIpc) is 3.09. The maximum Gasteiger partial charge on any atom is 0.224 e. The van der Waals surface area contributed by atoms with Crippen molar-refractivity contribution in [1.82, 2.24) is 5.32 Å². The molecule has 0 saturated heterocycles. The Kier molecular flexibility index (Phi) is 5.43. The molecule has 0 aliphatic carbocycles. The lowest BCUT2D eigenvalue weighted by atomic mass is 10.1. The molecule has 1 aliphatic heterocycles. The molecular formula is C20H23NO4. The molecule has 132 valence electrons. The molecule has 2 aromatic rings. The molecule has 5 nitrogen and oxygen atoms in total. The minimum Gasteiger partial charge on any atom is -0.493 e. The zero-order chi connectivity index (χ0) is 17.6. The van der Waals surface area contributed by atoms with Gasteiger partial charge >= 0.3 is 0 Å². The first kappa shape index (κ1) is 17.1. The molecule has 2 aromatic carbocycles. The van der Waals surface area contributed by atoms with Gasteiger partial charge in [-0.25, -0.2) is 0 Å². The third-order valence-electron chi connectivity index (χ3n) is 4.31. The van der Waals surface area contributed by atoms with Crippen LogP contribution in [0.2, 0.25) is 0 Å². The van der Waals surface area contributed by atoms with Crippen LogP contribution in [0.25, 0.3) is 0 Å². The van der Waals surface area contributed by atoms with E-state index in [4.69, 9.17) is 14.2 Å². The fourth-order valence-corrected chi connectivity index (χ4v) is 2.95. The molecule has 0 radical (unpaired) electrons. The SMILES string of the molecule is COc1ccc(CCNC(=O)Cc2ccc3c(c2)OCC3)cc1OC. The summed E-state index contributed by atoms with van der Waals surface area (Å²) in [6.45, 7) is 1.31. The fraction of sp³-hybridized carbons (Fsp3) is 0.350. The lowest BCUT2D eigenvalue weighted by molar-refractivity contribution is -0.120. The summed E-state index contributed by atoms with van der Waals surface area (Å²) in [5.41, 5.74) is 3.28. The summed E-state index contributed by atoms with van der Waals surface area (Å²) in [6.07, 6.45) is 2.05. The highest BCUT2D eigenvalue weighted by Crippen LogP contribution is 2.28. The van der Waals surface area contributed by atoms with E-state index in [0.29, 0.717) is 24.5 Å². The van der Waals surface area contributed by atoms with Crippen molar-refractivity contribution in [3.63, 3.8) is 0 Å². The Morgan fingerprint density at radius 3 is 2.68 bits per heavy atom. The zero-order valence-corrected chi connectivity index (χ0v) is 14.6. The first-order valence-electron chi connectivity index (χ1n) is 8.42. The Morgan fingerprint density at radius 1 is 1.08 bits per heavy atom. The van der Waals surface area contributed by atoms with Crippen molar-refractivity contribution < 1.29 is 19.0 Å². The van der Waals surface area contributed by atoms with Crippen LogP contribution in [0.3, 0.4) is 0 Å². The molecule has 0 aromatic heterocycles. The van der Waals surface area contributed by atoms with Crippen LogP contribution < -0.4 is 19.5 Å². The smallest absolute Gasteiger partial charge is 0.224 e. The van der Waals surface area contributed by atoms with Crippen LogP contribution in [0.4, 0.5) is 0 Å². The molecule has 0 saturated carbocycles. The lowest BCUT2D eigenvalue weighted by Gasteiger charge is -2.10. The Bertz CT molecular complexity index is 757. The van der Waals surface area contributed by atoms with Gasteiger partial charge in [-0.05, 0) is 41.3 Å². The number of rotatable bonds is 7. The third kappa shape index (κ3) is 4.24. The van der Waals surface area contributed by atoms with Gasteiger partial charge in [0.25, 0.3) is 0 Å². The quantitative estimate of drug-likeness (QED) is 0.841. The summed E-state index contributed by atoms with van der Waals surface area (Å²) in [4.78, 5) is 12.1. The Hall–Kier alpha value is -2.69. The second-order valence-corrected chi connectivity index (χ2v) is 6.01. The number of benzene rings is 2. The molecule has 1 N–H and O–H groups in total. The van der Waals surface area contributed by atoms with E-state index < -0.39 is 0 Å². The van der Waals surface area contributed by atoms with Gasteiger partial charge in [-0.15, -0.1) is 0 Å². The van der Waals surface area contributed by atoms with Crippen molar-refractivity contribution >= 4 is 5.91 Å². The second kappa shape index (κ2) is 7.92. The summed E-state index contributed by atoms with van der Waals surface area (Å²) < 4.78 is 16.1. The molecule has 5 heteroatoms. The van der Waals surface area contributed by atoms with Crippen molar-refractivity contribution in [2.45, 2.75) is 19.3 Å². The molecule has 1 aliphatic rings. The number of amides is 1. The summed E-state index contributed by atoms with van der Waals surface area (Å²) in [6, 6.07) is 11.8. The Morgan fingerprint density at radius 2 is 1.88 bits per heavy atom. The second-order valence-electron chi connectivity index (χ2n) is 6.01. The molecule has 0 spiro atoms. The van der Waals surface area contributed by atoms with Crippen LogP contribution in [-0.4, -0.2) is 33.3 Å². The Balaban J connectivity index is 1.49. The number of fused-ring (bicyclic) bond motifs is 1. The minimum absolute atomic E-state index is 0.0124. The first-order valence-corrected chi connectivity index (χ1v) is 8.42. The standard InChI is InChI=1S/C20H23NO4/c1-23-17-6-4-14(11-19(17)24-2)7-9-21-20(22)13-15-3-5-16-8-10-25-18(16)12-15/h3-6,11-12H,7-10,13H2,1-2H3,(H,21,22). The maximum atomic E-state index is 12.1. The molecule has 0 unspecified atom stereocenters. The van der Waals surface area contributed by atoms with Gasteiger partial charge in [-0.2, -0.15) is 0 Å². The topological polar surface area (TPSA) is 56.8 Å². The van der Waals surface area contributed by atoms with E-state index in [1.807, 2.05) is 30.3 Å². The summed E-state index contributed by atoms with van der Waals surface area (Å²) >= 11 is 0. The highest BCUT2D eigenvalue weighted by molar-refractivity contribution is 5.78. The number of methoxy groups -OCH3 is 2. The van der Waals surface area contributed by atoms with Crippen LogP contribution in [-0.2, 0) is 24.1 Å². The largest absolute Gasteiger partial charge is 0.493 e. The molecule has 3 rings (SSSR count). The highest BCUT2D eigenvalue weighted by Gasteiger charge is 2.13. The fourth-order valence-electron chi connectivity index (χ4n) is 2.95. The van der Waals surface area contributed by atoms with E-state index >= 15 is 0 Å². The summed E-state index contributed by atoms with van der Waals surface area (Å²) in [5, 5.41) is 2.96. The predicted octanol–water partition coefficient (Wildman–Crippen LogP) is 2.54. The third-order valence-corrected chi connectivity index (χ3v) is 4.31. The normalized spacial score (nSPS) is 12.2. The van der Waals surface area contributed by atoms with Crippen LogP contribution in [0.15, 0.2) is 36.4 Å². The van der Waals surface area contributed by atoms with Crippen molar-refractivity contribution in [3.05, 3.63) is 53.1 Å². The minimum atomic E-state index is 0.0124. The van der Waals surface area contributed by atoms with E-state index in [-0.39, 0.29) is 5.91 Å². The molecule has 0 atom stereocenters. The zero-order valence-electron chi connectivity index (χ0n) is 14.6. The number of carbonyl (C=O) groups is 1. The summed E-state index contributed by atoms with van der Waals surface area (Å²) in [7, 11) is 3.23. The molecule has 0 fully saturated rings. The van der Waals surface area contributed by atoms with Crippen molar-refractivity contribution in [2.24, 2.45) is 0 Å². The van der Waals surface area contributed by atoms with Crippen LogP contribution >= 0.6 is 0 Å². The monoisotopic (exact) mass is 341 g/mol. The van der Waals surface area contributed by atoms with Gasteiger partial charge in [0.1, 0.15) is 5.75 Å². The van der Waals surface area contributed by atoms with Crippen LogP contribution in [0.5, 0.6) is 17.2 Å². The van der Waals surface area contributed by atoms with Crippen LogP contribution in [0, 0.1) is 0 Å². The molecule has 1 heterocycles. The van der Waals surface area contributed by atoms with E-state index in [2.05, 4.69) is 11.4 Å². The van der Waals surface area contributed by atoms with Crippen LogP contribution in [0.1, 0.15) is 16.7 Å². The number of ether oxygens (including phenoxy) is 3. The Labute approximate surface area is 147 Å². The van der Waals surface area contributed by atoms with Crippen molar-refractivity contribution in [2.75, 3.05) is 27.4 Å². The van der Waals surface area contributed by atoms with Gasteiger partial charge in [0.2, 0.25) is 5.91 Å². The lowest BCUT2D eigenvalue weighted by Crippen LogP contribution is -2.27. The van der Waals surface area contributed by atoms with Gasteiger partial charge in [0.15, 0.2) is 11.5 Å². The maximum absolute atomic E-state index is 12.1. The van der Waals surface area contributed by atoms with Gasteiger partial charge in [-0.1, -0.05) is 18.2 Å². The van der Waals surface area contributed by atoms with Gasteiger partial charge in [-0.3, -0.25) is 4.79 Å². The highest BCUT2D eigenvalue weighted by atomic mass is 16.5. The molecule has 1 amide bonds. The molecule has 0 bridgehead atoms.